The van der Waals surface area contributed by atoms with Crippen LogP contribution in [0.3, 0.4) is 0 Å². The summed E-state index contributed by atoms with van der Waals surface area (Å²) in [6, 6.07) is 3.54. The standard InChI is InChI=1S/C15H16F2N2O/c1-9-4-3-7-19-15(20-9)10(2)14(18-19)12-6-5-11(16)8-13(12)17/h5-6,8-9H,3-4,7H2,1-2H3. The Morgan fingerprint density at radius 2 is 2.15 bits per heavy atom. The third-order valence-corrected chi connectivity index (χ3v) is 3.61. The first-order valence-electron chi connectivity index (χ1n) is 6.75. The van der Waals surface area contributed by atoms with Gasteiger partial charge in [0.1, 0.15) is 17.3 Å². The summed E-state index contributed by atoms with van der Waals surface area (Å²) in [4.78, 5) is 0. The van der Waals surface area contributed by atoms with Gasteiger partial charge in [-0.2, -0.15) is 5.10 Å². The number of fused-ring (bicyclic) bond motifs is 1. The zero-order valence-corrected chi connectivity index (χ0v) is 11.5. The Labute approximate surface area is 116 Å². The van der Waals surface area contributed by atoms with Crippen LogP contribution in [0.15, 0.2) is 18.2 Å². The Hall–Kier alpha value is -1.91. The molecular formula is C15H16F2N2O. The maximum Gasteiger partial charge on any atom is 0.215 e. The van der Waals surface area contributed by atoms with Crippen LogP contribution in [0, 0.1) is 18.6 Å². The number of benzene rings is 1. The molecule has 3 nitrogen and oxygen atoms in total. The second-order valence-electron chi connectivity index (χ2n) is 5.20. The Bertz CT molecular complexity index is 652. The summed E-state index contributed by atoms with van der Waals surface area (Å²) < 4.78 is 34.5. The number of nitrogens with zero attached hydrogens (tertiary/aromatic N) is 2. The minimum atomic E-state index is -0.602. The molecular weight excluding hydrogens is 262 g/mol. The number of hydrogen-bond acceptors (Lipinski definition) is 2. The highest BCUT2D eigenvalue weighted by Crippen LogP contribution is 2.33. The van der Waals surface area contributed by atoms with E-state index in [9.17, 15) is 8.78 Å². The van der Waals surface area contributed by atoms with Gasteiger partial charge in [0, 0.05) is 23.7 Å². The first-order chi connectivity index (χ1) is 9.56. The third-order valence-electron chi connectivity index (χ3n) is 3.61. The molecule has 0 radical (unpaired) electrons. The highest BCUT2D eigenvalue weighted by molar-refractivity contribution is 5.65. The second-order valence-corrected chi connectivity index (χ2v) is 5.20. The smallest absolute Gasteiger partial charge is 0.215 e. The van der Waals surface area contributed by atoms with Crippen LogP contribution in [0.1, 0.15) is 25.3 Å². The van der Waals surface area contributed by atoms with Gasteiger partial charge in [0.2, 0.25) is 5.88 Å². The average molecular weight is 278 g/mol. The van der Waals surface area contributed by atoms with Crippen LogP contribution >= 0.6 is 0 Å². The van der Waals surface area contributed by atoms with Gasteiger partial charge in [0.25, 0.3) is 0 Å². The van der Waals surface area contributed by atoms with Gasteiger partial charge in [-0.1, -0.05) is 0 Å². The van der Waals surface area contributed by atoms with Gasteiger partial charge < -0.3 is 4.74 Å². The topological polar surface area (TPSA) is 27.1 Å². The van der Waals surface area contributed by atoms with E-state index in [2.05, 4.69) is 5.10 Å². The molecule has 0 bridgehead atoms. The normalized spacial score (nSPS) is 18.3. The van der Waals surface area contributed by atoms with Crippen molar-refractivity contribution in [2.45, 2.75) is 39.3 Å². The molecule has 0 N–H and O–H groups in total. The number of aromatic nitrogens is 2. The van der Waals surface area contributed by atoms with Crippen molar-refractivity contribution in [3.8, 4) is 17.1 Å². The number of aryl methyl sites for hydroxylation is 1. The molecule has 2 heterocycles. The highest BCUT2D eigenvalue weighted by atomic mass is 19.1. The van der Waals surface area contributed by atoms with E-state index < -0.39 is 11.6 Å². The third kappa shape index (κ3) is 2.17. The van der Waals surface area contributed by atoms with Crippen LogP contribution in [0.25, 0.3) is 11.3 Å². The zero-order chi connectivity index (χ0) is 14.3. The lowest BCUT2D eigenvalue weighted by Crippen LogP contribution is -2.10. The molecule has 1 aromatic carbocycles. The lowest BCUT2D eigenvalue weighted by Gasteiger charge is -2.10. The van der Waals surface area contributed by atoms with Crippen LogP contribution in [0.4, 0.5) is 8.78 Å². The van der Waals surface area contributed by atoms with Gasteiger partial charge in [0.05, 0.1) is 6.10 Å². The lowest BCUT2D eigenvalue weighted by atomic mass is 10.1. The van der Waals surface area contributed by atoms with Gasteiger partial charge in [-0.15, -0.1) is 0 Å². The Morgan fingerprint density at radius 3 is 2.90 bits per heavy atom. The fourth-order valence-corrected chi connectivity index (χ4v) is 2.55. The molecule has 20 heavy (non-hydrogen) atoms. The molecule has 1 atom stereocenters. The summed E-state index contributed by atoms with van der Waals surface area (Å²) in [7, 11) is 0. The molecule has 0 amide bonds. The van der Waals surface area contributed by atoms with Crippen LogP contribution in [0.5, 0.6) is 5.88 Å². The van der Waals surface area contributed by atoms with Crippen LogP contribution < -0.4 is 4.74 Å². The Balaban J connectivity index is 2.09. The molecule has 0 saturated carbocycles. The Kier molecular flexibility index (Phi) is 3.20. The molecule has 1 aliphatic rings. The minimum Gasteiger partial charge on any atom is -0.475 e. The summed E-state index contributed by atoms with van der Waals surface area (Å²) >= 11 is 0. The van der Waals surface area contributed by atoms with Gasteiger partial charge in [-0.05, 0) is 38.8 Å². The first-order valence-corrected chi connectivity index (χ1v) is 6.75. The van der Waals surface area contributed by atoms with E-state index >= 15 is 0 Å². The molecule has 5 heteroatoms. The van der Waals surface area contributed by atoms with Gasteiger partial charge in [-0.25, -0.2) is 13.5 Å². The highest BCUT2D eigenvalue weighted by Gasteiger charge is 2.23. The van der Waals surface area contributed by atoms with Crippen molar-refractivity contribution in [1.82, 2.24) is 9.78 Å². The van der Waals surface area contributed by atoms with E-state index in [1.807, 2.05) is 13.8 Å². The number of ether oxygens (including phenoxy) is 1. The molecule has 1 aromatic heterocycles. The van der Waals surface area contributed by atoms with E-state index in [1.54, 1.807) is 4.68 Å². The first kappa shape index (κ1) is 13.1. The Morgan fingerprint density at radius 1 is 1.35 bits per heavy atom. The molecule has 0 aliphatic carbocycles. The summed E-state index contributed by atoms with van der Waals surface area (Å²) in [6.45, 7) is 4.62. The predicted octanol–water partition coefficient (Wildman–Crippen LogP) is 3.70. The van der Waals surface area contributed by atoms with Crippen LogP contribution in [-0.4, -0.2) is 15.9 Å². The molecule has 0 fully saturated rings. The van der Waals surface area contributed by atoms with Gasteiger partial charge in [-0.3, -0.25) is 0 Å². The fraction of sp³-hybridized carbons (Fsp3) is 0.400. The summed E-state index contributed by atoms with van der Waals surface area (Å²) in [5.41, 5.74) is 1.62. The van der Waals surface area contributed by atoms with Gasteiger partial charge in [0.15, 0.2) is 0 Å². The van der Waals surface area contributed by atoms with Crippen molar-refractivity contribution < 1.29 is 13.5 Å². The molecule has 106 valence electrons. The summed E-state index contributed by atoms with van der Waals surface area (Å²) in [5.74, 6) is -0.502. The monoisotopic (exact) mass is 278 g/mol. The van der Waals surface area contributed by atoms with E-state index in [0.717, 1.165) is 31.0 Å². The molecule has 1 aliphatic heterocycles. The van der Waals surface area contributed by atoms with Crippen molar-refractivity contribution >= 4 is 0 Å². The molecule has 3 rings (SSSR count). The predicted molar refractivity (Wildman–Crippen MR) is 71.6 cm³/mol. The number of halogens is 2. The molecule has 1 unspecified atom stereocenters. The van der Waals surface area contributed by atoms with Crippen molar-refractivity contribution in [3.05, 3.63) is 35.4 Å². The fourth-order valence-electron chi connectivity index (χ4n) is 2.55. The van der Waals surface area contributed by atoms with Crippen molar-refractivity contribution in [2.75, 3.05) is 0 Å². The van der Waals surface area contributed by atoms with E-state index in [0.29, 0.717) is 17.1 Å². The number of hydrogen-bond donors (Lipinski definition) is 0. The van der Waals surface area contributed by atoms with Crippen molar-refractivity contribution in [3.63, 3.8) is 0 Å². The molecule has 0 saturated heterocycles. The van der Waals surface area contributed by atoms with Crippen molar-refractivity contribution in [1.29, 1.82) is 0 Å². The lowest BCUT2D eigenvalue weighted by molar-refractivity contribution is 0.207. The molecule has 0 spiro atoms. The number of rotatable bonds is 1. The van der Waals surface area contributed by atoms with E-state index in [1.165, 1.54) is 12.1 Å². The largest absolute Gasteiger partial charge is 0.475 e. The molecule has 2 aromatic rings. The van der Waals surface area contributed by atoms with E-state index in [4.69, 9.17) is 4.74 Å². The average Bonchev–Trinajstić information content (AvgIpc) is 2.58. The quantitative estimate of drug-likeness (QED) is 0.795. The maximum atomic E-state index is 13.9. The van der Waals surface area contributed by atoms with Crippen LogP contribution in [0.2, 0.25) is 0 Å². The van der Waals surface area contributed by atoms with Gasteiger partial charge >= 0.3 is 0 Å². The second kappa shape index (κ2) is 4.89. The van der Waals surface area contributed by atoms with Crippen LogP contribution in [-0.2, 0) is 6.54 Å². The van der Waals surface area contributed by atoms with Crippen molar-refractivity contribution in [2.24, 2.45) is 0 Å². The summed E-state index contributed by atoms with van der Waals surface area (Å²) in [5, 5.41) is 4.43. The maximum absolute atomic E-state index is 13.9. The zero-order valence-electron chi connectivity index (χ0n) is 11.5. The minimum absolute atomic E-state index is 0.123. The SMILES string of the molecule is Cc1c(-c2ccc(F)cc2F)nn2c1OC(C)CCC2. The van der Waals surface area contributed by atoms with E-state index in [-0.39, 0.29) is 6.10 Å². The summed E-state index contributed by atoms with van der Waals surface area (Å²) in [6.07, 6.45) is 2.07.